The van der Waals surface area contributed by atoms with Crippen LogP contribution in [-0.4, -0.2) is 121 Å². The zero-order valence-corrected chi connectivity index (χ0v) is 42.8. The topological polar surface area (TPSA) is 431 Å². The maximum atomic E-state index is 13.2. The Balaban J connectivity index is 1.08. The Labute approximate surface area is 471 Å². The molecule has 5 heterocycles. The molecule has 0 aromatic heterocycles. The average Bonchev–Trinajstić information content (AvgIpc) is 1.16. The van der Waals surface area contributed by atoms with Crippen LogP contribution in [0.25, 0.3) is 0 Å². The van der Waals surface area contributed by atoms with E-state index < -0.39 is 193 Å². The summed E-state index contributed by atoms with van der Waals surface area (Å²) in [6.07, 6.45) is -12.7. The summed E-state index contributed by atoms with van der Waals surface area (Å²) in [5.74, 6) is -20.2. The molecule has 11 unspecified atom stereocenters. The van der Waals surface area contributed by atoms with Gasteiger partial charge in [-0.1, -0.05) is 18.2 Å². The van der Waals surface area contributed by atoms with Gasteiger partial charge in [0.2, 0.25) is 0 Å². The molecule has 13 rings (SSSR count). The number of fused-ring (bicyclic) bond motifs is 10. The Hall–Kier alpha value is -10.4. The first-order valence-electron chi connectivity index (χ1n) is 25.8. The van der Waals surface area contributed by atoms with E-state index in [0.29, 0.717) is 0 Å². The van der Waals surface area contributed by atoms with Gasteiger partial charge in [0.15, 0.2) is 58.2 Å². The van der Waals surface area contributed by atoms with Gasteiger partial charge in [0.1, 0.15) is 93.4 Å². The molecule has 2 bridgehead atoms. The van der Waals surface area contributed by atoms with Crippen LogP contribution in [0.1, 0.15) is 97.3 Å². The number of phenolic OH excluding ortho intramolecular Hbond substituents is 15. The van der Waals surface area contributed by atoms with Gasteiger partial charge in [0, 0.05) is 81.3 Å². The molecule has 0 fully saturated rings. The zero-order valence-electron chi connectivity index (χ0n) is 42.8. The van der Waals surface area contributed by atoms with E-state index in [1.165, 1.54) is 24.3 Å². The molecule has 8 aromatic carbocycles. The van der Waals surface area contributed by atoms with Crippen LogP contribution in [-0.2, 0) is 12.2 Å². The number of aromatic hydroxyl groups is 15. The van der Waals surface area contributed by atoms with Gasteiger partial charge in [0.25, 0.3) is 0 Å². The first kappa shape index (κ1) is 52.9. The van der Waals surface area contributed by atoms with Crippen molar-refractivity contribution in [2.75, 3.05) is 0 Å². The summed E-state index contributed by atoms with van der Waals surface area (Å²) in [5.41, 5.74) is -2.68. The smallest absolute Gasteiger partial charge is 0.305 e. The van der Waals surface area contributed by atoms with Crippen molar-refractivity contribution in [3.8, 4) is 115 Å². The van der Waals surface area contributed by atoms with Crippen LogP contribution in [0.15, 0.2) is 103 Å². The molecule has 0 amide bonds. The standard InChI is InChI=1S/C60H48O24/c61-23-13-34(71)42-39(14-23)80-55(20-2-6-26(63)31(68)10-20)52(77)48(42)43-36(73)17-40-46(51(43)76)50-47-41(84-60(83-40,59(50)79)22-4-8-28(65)33(70)12-22)18-37(74)45-49(53(78)56(82-58(45)47)21-3-7-27(64)32(69)11-21)44-35(72)16-29(66)24-15-38(75)54(81-57(24)44)19-1-5-25(62)30(67)9-19/h1-14,16-18,38,48-50,52-56,59,61-79H,15H2. The highest BCUT2D eigenvalue weighted by Gasteiger charge is 2.62. The van der Waals surface area contributed by atoms with Crippen molar-refractivity contribution in [3.05, 3.63) is 164 Å². The van der Waals surface area contributed by atoms with Gasteiger partial charge < -0.3 is 121 Å². The number of rotatable bonds is 6. The second-order valence-electron chi connectivity index (χ2n) is 21.2. The molecule has 0 spiro atoms. The maximum absolute atomic E-state index is 13.2. The largest absolute Gasteiger partial charge is 0.508 e. The molecule has 11 atom stereocenters. The van der Waals surface area contributed by atoms with Crippen molar-refractivity contribution in [2.24, 2.45) is 0 Å². The molecule has 24 nitrogen and oxygen atoms in total. The Morgan fingerprint density at radius 2 is 0.810 bits per heavy atom. The van der Waals surface area contributed by atoms with E-state index in [-0.39, 0.29) is 56.0 Å². The fraction of sp³-hybridized carbons (Fsp3) is 0.200. The number of aliphatic hydroxyl groups is 4. The molecular weight excluding hydrogens is 1100 g/mol. The third-order valence-electron chi connectivity index (χ3n) is 16.4. The lowest BCUT2D eigenvalue weighted by Gasteiger charge is -2.51. The molecule has 0 radical (unpaired) electrons. The minimum absolute atomic E-state index is 0.0155. The Morgan fingerprint density at radius 3 is 1.38 bits per heavy atom. The van der Waals surface area contributed by atoms with Crippen LogP contribution in [0.3, 0.4) is 0 Å². The highest BCUT2D eigenvalue weighted by atomic mass is 16.7. The molecule has 432 valence electrons. The first-order chi connectivity index (χ1) is 40.0. The molecule has 0 saturated carbocycles. The fourth-order valence-corrected chi connectivity index (χ4v) is 12.5. The molecule has 5 aliphatic rings. The predicted octanol–water partition coefficient (Wildman–Crippen LogP) is 5.69. The lowest BCUT2D eigenvalue weighted by atomic mass is 9.70. The van der Waals surface area contributed by atoms with Crippen molar-refractivity contribution in [1.82, 2.24) is 0 Å². The van der Waals surface area contributed by atoms with E-state index >= 15 is 0 Å². The van der Waals surface area contributed by atoms with Gasteiger partial charge in [0.05, 0.1) is 23.9 Å². The molecule has 84 heavy (non-hydrogen) atoms. The van der Waals surface area contributed by atoms with Crippen LogP contribution in [0.4, 0.5) is 0 Å². The Bertz CT molecular complexity index is 4110. The fourth-order valence-electron chi connectivity index (χ4n) is 12.5. The number of benzene rings is 8. The number of ether oxygens (including phenoxy) is 5. The van der Waals surface area contributed by atoms with Gasteiger partial charge in [-0.25, -0.2) is 0 Å². The van der Waals surface area contributed by atoms with Gasteiger partial charge in [-0.05, 0) is 71.3 Å². The SMILES string of the molecule is Oc1cc(O)c2c(c1)OC(c1ccc(O)c(O)c1)C(O)C2c1c(O)cc2c(c1O)C1c3c(cc(O)c4c3OC(c3ccc(O)c(O)c3)C(O)C4c3c(O)cc(O)c4c3OC(c3ccc(O)c(O)c3)C(O)C4)OC(c3ccc(O)c(O)c3)(O2)C1O. The maximum Gasteiger partial charge on any atom is 0.305 e. The summed E-state index contributed by atoms with van der Waals surface area (Å²) in [6, 6.07) is 18.4. The van der Waals surface area contributed by atoms with E-state index in [1.807, 2.05) is 0 Å². The summed E-state index contributed by atoms with van der Waals surface area (Å²) in [5, 5.41) is 218. The molecule has 8 aromatic rings. The van der Waals surface area contributed by atoms with Crippen LogP contribution >= 0.6 is 0 Å². The predicted molar refractivity (Wildman–Crippen MR) is 283 cm³/mol. The molecule has 19 N–H and O–H groups in total. The number of hydrogen-bond donors (Lipinski definition) is 19. The highest BCUT2D eigenvalue weighted by molar-refractivity contribution is 5.74. The van der Waals surface area contributed by atoms with Crippen LogP contribution in [0.5, 0.6) is 115 Å². The average molecular weight is 1150 g/mol. The normalized spacial score (nSPS) is 25.1. The van der Waals surface area contributed by atoms with Gasteiger partial charge in [-0.15, -0.1) is 0 Å². The minimum atomic E-state index is -2.58. The Kier molecular flexibility index (Phi) is 11.7. The summed E-state index contributed by atoms with van der Waals surface area (Å²) >= 11 is 0. The number of phenols is 15. The molecule has 5 aliphatic heterocycles. The minimum Gasteiger partial charge on any atom is -0.508 e. The third-order valence-corrected chi connectivity index (χ3v) is 16.4. The summed E-state index contributed by atoms with van der Waals surface area (Å²) < 4.78 is 32.4. The van der Waals surface area contributed by atoms with Gasteiger partial charge in [-0.3, -0.25) is 0 Å². The van der Waals surface area contributed by atoms with Crippen molar-refractivity contribution in [3.63, 3.8) is 0 Å². The lowest BCUT2D eigenvalue weighted by Crippen LogP contribution is -2.57. The second kappa shape index (κ2) is 18.6. The molecule has 24 heteroatoms. The van der Waals surface area contributed by atoms with E-state index in [1.54, 1.807) is 0 Å². The van der Waals surface area contributed by atoms with Crippen LogP contribution in [0, 0.1) is 0 Å². The summed E-state index contributed by atoms with van der Waals surface area (Å²) in [4.78, 5) is 0. The van der Waals surface area contributed by atoms with E-state index in [4.69, 9.17) is 23.7 Å². The van der Waals surface area contributed by atoms with E-state index in [0.717, 1.165) is 78.9 Å². The number of hydrogen-bond acceptors (Lipinski definition) is 24. The van der Waals surface area contributed by atoms with Crippen LogP contribution in [0.2, 0.25) is 0 Å². The third kappa shape index (κ3) is 7.68. The monoisotopic (exact) mass is 1150 g/mol. The summed E-state index contributed by atoms with van der Waals surface area (Å²) in [7, 11) is 0. The first-order valence-corrected chi connectivity index (χ1v) is 25.8. The second-order valence-corrected chi connectivity index (χ2v) is 21.2. The quantitative estimate of drug-likeness (QED) is 0.0889. The van der Waals surface area contributed by atoms with Crippen LogP contribution < -0.4 is 23.7 Å². The zero-order chi connectivity index (χ0) is 59.4. The summed E-state index contributed by atoms with van der Waals surface area (Å²) in [6.45, 7) is 0. The van der Waals surface area contributed by atoms with Crippen molar-refractivity contribution in [2.45, 2.75) is 72.7 Å². The Morgan fingerprint density at radius 1 is 0.345 bits per heavy atom. The van der Waals surface area contributed by atoms with E-state index in [9.17, 15) is 97.0 Å². The van der Waals surface area contributed by atoms with Gasteiger partial charge >= 0.3 is 5.79 Å². The highest BCUT2D eigenvalue weighted by Crippen LogP contribution is 2.67. The van der Waals surface area contributed by atoms with Crippen molar-refractivity contribution in [1.29, 1.82) is 0 Å². The van der Waals surface area contributed by atoms with E-state index in [2.05, 4.69) is 0 Å². The molecule has 0 aliphatic carbocycles. The van der Waals surface area contributed by atoms with Gasteiger partial charge in [-0.2, -0.15) is 0 Å². The van der Waals surface area contributed by atoms with Crippen molar-refractivity contribution < 1.29 is 121 Å². The number of aliphatic hydroxyl groups excluding tert-OH is 4. The lowest BCUT2D eigenvalue weighted by molar-refractivity contribution is -0.219. The van der Waals surface area contributed by atoms with Crippen molar-refractivity contribution >= 4 is 0 Å². The molecular formula is C60H48O24. The molecule has 0 saturated heterocycles.